The van der Waals surface area contributed by atoms with E-state index in [1.165, 1.54) is 24.3 Å². The first-order valence-corrected chi connectivity index (χ1v) is 8.54. The lowest BCUT2D eigenvalue weighted by atomic mass is 10.1. The molecule has 1 aliphatic rings. The molecule has 1 N–H and O–H groups in total. The molecule has 2 aromatic carbocycles. The van der Waals surface area contributed by atoms with E-state index >= 15 is 0 Å². The Labute approximate surface area is 138 Å². The minimum absolute atomic E-state index is 0.0621. The Morgan fingerprint density at radius 3 is 2.39 bits per heavy atom. The number of amidine groups is 1. The number of nitrogens with one attached hydrogen (secondary N) is 1. The topological polar surface area (TPSA) is 58.5 Å². The predicted octanol–water partition coefficient (Wildman–Crippen LogP) is 4.06. The third-order valence-electron chi connectivity index (χ3n) is 3.40. The van der Waals surface area contributed by atoms with Gasteiger partial charge in [0.2, 0.25) is 0 Å². The molecule has 1 heterocycles. The number of rotatable bonds is 2. The van der Waals surface area contributed by atoms with Crippen molar-refractivity contribution in [2.24, 2.45) is 4.40 Å². The molecule has 0 bridgehead atoms. The van der Waals surface area contributed by atoms with Crippen LogP contribution in [0.1, 0.15) is 12.5 Å². The van der Waals surface area contributed by atoms with Gasteiger partial charge in [-0.3, -0.25) is 0 Å². The molecule has 0 atom stereocenters. The fraction of sp³-hybridized carbons (Fsp3) is 0.0625. The van der Waals surface area contributed by atoms with Crippen molar-refractivity contribution >= 4 is 38.1 Å². The van der Waals surface area contributed by atoms with Crippen molar-refractivity contribution in [1.29, 1.82) is 0 Å². The van der Waals surface area contributed by atoms with E-state index in [4.69, 9.17) is 11.6 Å². The summed E-state index contributed by atoms with van der Waals surface area (Å²) in [5.41, 5.74) is 1.41. The van der Waals surface area contributed by atoms with Gasteiger partial charge in [-0.15, -0.1) is 4.40 Å². The second-order valence-electron chi connectivity index (χ2n) is 4.98. The van der Waals surface area contributed by atoms with E-state index in [1.807, 2.05) is 0 Å². The lowest BCUT2D eigenvalue weighted by Crippen LogP contribution is -2.11. The second-order valence-corrected chi connectivity index (χ2v) is 6.93. The monoisotopic (exact) mass is 350 g/mol. The molecule has 0 aromatic heterocycles. The summed E-state index contributed by atoms with van der Waals surface area (Å²) in [6, 6.07) is 12.2. The third kappa shape index (κ3) is 3.00. The van der Waals surface area contributed by atoms with Crippen LogP contribution in [-0.4, -0.2) is 14.3 Å². The number of hydrogen-bond acceptors (Lipinski definition) is 3. The number of hydrogen-bond donors (Lipinski definition) is 1. The Hall–Kier alpha value is -2.18. The summed E-state index contributed by atoms with van der Waals surface area (Å²) in [5.74, 6) is -0.227. The summed E-state index contributed by atoms with van der Waals surface area (Å²) in [4.78, 5) is 0.0621. The standard InChI is InChI=1S/C16H12ClFN2O2S/c1-10-15(11-6-8-12(18)9-7-11)23(21,22)20-16(10)19-14-5-3-2-4-13(14)17/h2-9H,1H3,(H,19,20). The summed E-state index contributed by atoms with van der Waals surface area (Å²) in [6.45, 7) is 1.64. The first-order valence-electron chi connectivity index (χ1n) is 6.72. The molecule has 0 aliphatic carbocycles. The van der Waals surface area contributed by atoms with Crippen LogP contribution in [0.5, 0.6) is 0 Å². The zero-order chi connectivity index (χ0) is 16.6. The number of benzene rings is 2. The fourth-order valence-electron chi connectivity index (χ4n) is 2.31. The SMILES string of the molecule is CC1=C(c2ccc(F)cc2)S(=O)(=O)N=C1Nc1ccccc1Cl. The predicted molar refractivity (Wildman–Crippen MR) is 90.4 cm³/mol. The average molecular weight is 351 g/mol. The van der Waals surface area contributed by atoms with Crippen LogP contribution in [0.2, 0.25) is 5.02 Å². The van der Waals surface area contributed by atoms with Gasteiger partial charge in [0.25, 0.3) is 10.0 Å². The second kappa shape index (κ2) is 5.79. The van der Waals surface area contributed by atoms with Crippen LogP contribution in [-0.2, 0) is 10.0 Å². The van der Waals surface area contributed by atoms with Crippen LogP contribution < -0.4 is 5.32 Å². The molecular formula is C16H12ClFN2O2S. The zero-order valence-electron chi connectivity index (χ0n) is 12.0. The Balaban J connectivity index is 2.04. The number of anilines is 1. The third-order valence-corrected chi connectivity index (χ3v) is 5.21. The summed E-state index contributed by atoms with van der Waals surface area (Å²) < 4.78 is 41.5. The van der Waals surface area contributed by atoms with Crippen LogP contribution in [0.15, 0.2) is 58.5 Å². The van der Waals surface area contributed by atoms with Gasteiger partial charge in [0.1, 0.15) is 16.6 Å². The van der Waals surface area contributed by atoms with Crippen molar-refractivity contribution in [3.05, 3.63) is 70.5 Å². The lowest BCUT2D eigenvalue weighted by Gasteiger charge is -2.08. The molecular weight excluding hydrogens is 339 g/mol. The van der Waals surface area contributed by atoms with Crippen molar-refractivity contribution in [3.8, 4) is 0 Å². The van der Waals surface area contributed by atoms with Crippen LogP contribution in [0, 0.1) is 5.82 Å². The van der Waals surface area contributed by atoms with Crippen LogP contribution >= 0.6 is 11.6 Å². The van der Waals surface area contributed by atoms with Gasteiger partial charge in [-0.2, -0.15) is 8.42 Å². The van der Waals surface area contributed by atoms with Crippen LogP contribution in [0.3, 0.4) is 0 Å². The molecule has 0 saturated carbocycles. The lowest BCUT2D eigenvalue weighted by molar-refractivity contribution is 0.608. The van der Waals surface area contributed by atoms with Crippen molar-refractivity contribution in [2.75, 3.05) is 5.32 Å². The molecule has 0 spiro atoms. The molecule has 1 aliphatic heterocycles. The van der Waals surface area contributed by atoms with Crippen molar-refractivity contribution in [2.45, 2.75) is 6.92 Å². The number of halogens is 2. The molecule has 7 heteroatoms. The van der Waals surface area contributed by atoms with Gasteiger partial charge in [-0.05, 0) is 36.8 Å². The Morgan fingerprint density at radius 2 is 1.74 bits per heavy atom. The maximum absolute atomic E-state index is 13.1. The molecule has 0 amide bonds. The highest BCUT2D eigenvalue weighted by molar-refractivity contribution is 8.00. The van der Waals surface area contributed by atoms with Crippen LogP contribution in [0.25, 0.3) is 4.91 Å². The Kier molecular flexibility index (Phi) is 3.95. The van der Waals surface area contributed by atoms with E-state index < -0.39 is 15.8 Å². The summed E-state index contributed by atoms with van der Waals surface area (Å²) >= 11 is 6.07. The number of para-hydroxylation sites is 1. The van der Waals surface area contributed by atoms with E-state index in [0.717, 1.165) is 0 Å². The highest BCUT2D eigenvalue weighted by Crippen LogP contribution is 2.33. The van der Waals surface area contributed by atoms with E-state index in [-0.39, 0.29) is 10.7 Å². The molecule has 4 nitrogen and oxygen atoms in total. The molecule has 0 saturated heterocycles. The van der Waals surface area contributed by atoms with Crippen LogP contribution in [0.4, 0.5) is 10.1 Å². The maximum Gasteiger partial charge on any atom is 0.285 e. The summed E-state index contributed by atoms with van der Waals surface area (Å²) in [5, 5.41) is 3.39. The van der Waals surface area contributed by atoms with Crippen molar-refractivity contribution in [1.82, 2.24) is 0 Å². The fourth-order valence-corrected chi connectivity index (χ4v) is 3.92. The molecule has 0 radical (unpaired) electrons. The molecule has 3 rings (SSSR count). The van der Waals surface area contributed by atoms with E-state index in [2.05, 4.69) is 9.71 Å². The minimum atomic E-state index is -3.84. The Morgan fingerprint density at radius 1 is 1.09 bits per heavy atom. The summed E-state index contributed by atoms with van der Waals surface area (Å²) in [6.07, 6.45) is 0. The maximum atomic E-state index is 13.1. The minimum Gasteiger partial charge on any atom is -0.338 e. The first kappa shape index (κ1) is 15.7. The first-order chi connectivity index (χ1) is 10.9. The molecule has 0 unspecified atom stereocenters. The molecule has 23 heavy (non-hydrogen) atoms. The zero-order valence-corrected chi connectivity index (χ0v) is 13.6. The normalized spacial score (nSPS) is 16.4. The highest BCUT2D eigenvalue weighted by atomic mass is 35.5. The number of sulfonamides is 1. The molecule has 118 valence electrons. The molecule has 2 aromatic rings. The van der Waals surface area contributed by atoms with Gasteiger partial charge < -0.3 is 5.32 Å². The smallest absolute Gasteiger partial charge is 0.285 e. The van der Waals surface area contributed by atoms with Crippen molar-refractivity contribution in [3.63, 3.8) is 0 Å². The van der Waals surface area contributed by atoms with Gasteiger partial charge in [-0.1, -0.05) is 35.9 Å². The number of nitrogens with zero attached hydrogens (tertiary/aromatic N) is 1. The van der Waals surface area contributed by atoms with E-state index in [0.29, 0.717) is 21.8 Å². The van der Waals surface area contributed by atoms with Crippen molar-refractivity contribution < 1.29 is 12.8 Å². The van der Waals surface area contributed by atoms with Gasteiger partial charge in [0.15, 0.2) is 0 Å². The van der Waals surface area contributed by atoms with Gasteiger partial charge >= 0.3 is 0 Å². The highest BCUT2D eigenvalue weighted by Gasteiger charge is 2.31. The van der Waals surface area contributed by atoms with Gasteiger partial charge in [0, 0.05) is 5.57 Å². The van der Waals surface area contributed by atoms with E-state index in [9.17, 15) is 12.8 Å². The molecule has 0 fully saturated rings. The largest absolute Gasteiger partial charge is 0.338 e. The van der Waals surface area contributed by atoms with E-state index in [1.54, 1.807) is 31.2 Å². The summed E-state index contributed by atoms with van der Waals surface area (Å²) in [7, 11) is -3.84. The van der Waals surface area contributed by atoms with Gasteiger partial charge in [-0.25, -0.2) is 4.39 Å². The Bertz CT molecular complexity index is 935. The van der Waals surface area contributed by atoms with Gasteiger partial charge in [0.05, 0.1) is 10.7 Å². The quantitative estimate of drug-likeness (QED) is 0.888. The average Bonchev–Trinajstić information content (AvgIpc) is 2.72.